The van der Waals surface area contributed by atoms with Gasteiger partial charge >= 0.3 is 0 Å². The molecule has 0 radical (unpaired) electrons. The van der Waals surface area contributed by atoms with Crippen LogP contribution in [0.3, 0.4) is 0 Å². The van der Waals surface area contributed by atoms with E-state index in [2.05, 4.69) is 42.2 Å². The summed E-state index contributed by atoms with van der Waals surface area (Å²) in [6.07, 6.45) is 3.53. The molecule has 9 heteroatoms. The van der Waals surface area contributed by atoms with Crippen molar-refractivity contribution >= 4 is 34.1 Å². The van der Waals surface area contributed by atoms with Crippen molar-refractivity contribution in [2.45, 2.75) is 24.4 Å². The molecule has 0 bridgehead atoms. The normalized spacial score (nSPS) is 10.8. The maximum atomic E-state index is 11.2. The van der Waals surface area contributed by atoms with Crippen LogP contribution in [0.15, 0.2) is 65.4 Å². The predicted octanol–water partition coefficient (Wildman–Crippen LogP) is 4.10. The molecule has 0 unspecified atom stereocenters. The van der Waals surface area contributed by atoms with Crippen molar-refractivity contribution in [3.05, 3.63) is 71.5 Å². The van der Waals surface area contributed by atoms with Crippen molar-refractivity contribution in [1.29, 1.82) is 0 Å². The van der Waals surface area contributed by atoms with Gasteiger partial charge in [0.1, 0.15) is 0 Å². The quantitative estimate of drug-likeness (QED) is 0.452. The number of carbonyl (C=O) groups excluding carboxylic acids is 1. The number of amides is 1. The maximum absolute atomic E-state index is 11.2. The Morgan fingerprint density at radius 1 is 1.17 bits per heavy atom. The van der Waals surface area contributed by atoms with Crippen LogP contribution < -0.4 is 5.32 Å². The molecule has 0 atom stereocenters. The Morgan fingerprint density at radius 2 is 2.03 bits per heavy atom. The lowest BCUT2D eigenvalue weighted by atomic mass is 10.2. The van der Waals surface area contributed by atoms with Gasteiger partial charge in [-0.1, -0.05) is 42.1 Å². The molecule has 4 rings (SSSR count). The lowest BCUT2D eigenvalue weighted by molar-refractivity contribution is -0.114. The second kappa shape index (κ2) is 8.97. The minimum absolute atomic E-state index is 0.123. The fourth-order valence-electron chi connectivity index (χ4n) is 2.73. The number of hydrogen-bond acceptors (Lipinski definition) is 7. The van der Waals surface area contributed by atoms with Gasteiger partial charge in [-0.05, 0) is 17.7 Å². The number of pyridine rings is 1. The molecule has 0 aliphatic heterocycles. The molecule has 1 amide bonds. The van der Waals surface area contributed by atoms with Crippen LogP contribution in [0, 0.1) is 0 Å². The molecule has 0 saturated carbocycles. The Morgan fingerprint density at radius 3 is 2.79 bits per heavy atom. The molecule has 4 aromatic rings. The summed E-state index contributed by atoms with van der Waals surface area (Å²) in [5.41, 5.74) is 2.98. The van der Waals surface area contributed by atoms with Gasteiger partial charge in [-0.2, -0.15) is 0 Å². The Hall–Kier alpha value is -3.04. The van der Waals surface area contributed by atoms with E-state index in [4.69, 9.17) is 0 Å². The monoisotopic (exact) mass is 422 g/mol. The predicted molar refractivity (Wildman–Crippen MR) is 115 cm³/mol. The van der Waals surface area contributed by atoms with Crippen LogP contribution in [0.25, 0.3) is 11.4 Å². The van der Waals surface area contributed by atoms with Gasteiger partial charge in [0.15, 0.2) is 16.1 Å². The van der Waals surface area contributed by atoms with Crippen LogP contribution in [0.5, 0.6) is 0 Å². The first-order valence-electron chi connectivity index (χ1n) is 8.91. The van der Waals surface area contributed by atoms with Crippen LogP contribution in [-0.2, 0) is 17.1 Å². The lowest BCUT2D eigenvalue weighted by Gasteiger charge is -2.10. The molecule has 3 aromatic heterocycles. The zero-order valence-corrected chi connectivity index (χ0v) is 17.3. The average Bonchev–Trinajstić information content (AvgIpc) is 3.34. The fraction of sp³-hybridized carbons (Fsp3) is 0.150. The molecule has 0 aliphatic carbocycles. The SMILES string of the molecule is CC(=O)Nc1nc(CSc2nnc(-c3cccnc3)n2Cc2ccccc2)cs1. The standard InChI is InChI=1S/C20H18N6OS2/c1-14(27)22-19-23-17(12-28-19)13-29-20-25-24-18(16-8-5-9-21-10-16)26(20)11-15-6-3-2-4-7-15/h2-10,12H,11,13H2,1H3,(H,22,23,27). The largest absolute Gasteiger partial charge is 0.302 e. The van der Waals surface area contributed by atoms with Gasteiger partial charge in [0.25, 0.3) is 0 Å². The van der Waals surface area contributed by atoms with Crippen molar-refractivity contribution in [2.75, 3.05) is 5.32 Å². The molecule has 146 valence electrons. The van der Waals surface area contributed by atoms with E-state index < -0.39 is 0 Å². The summed E-state index contributed by atoms with van der Waals surface area (Å²) >= 11 is 2.98. The van der Waals surface area contributed by atoms with Crippen molar-refractivity contribution in [3.8, 4) is 11.4 Å². The van der Waals surface area contributed by atoms with Gasteiger partial charge in [-0.15, -0.1) is 21.5 Å². The first kappa shape index (κ1) is 19.3. The summed E-state index contributed by atoms with van der Waals surface area (Å²) in [6, 6.07) is 14.1. The van der Waals surface area contributed by atoms with Gasteiger partial charge in [0, 0.05) is 36.0 Å². The van der Waals surface area contributed by atoms with Gasteiger partial charge in [-0.3, -0.25) is 14.3 Å². The number of hydrogen-bond donors (Lipinski definition) is 1. The maximum Gasteiger partial charge on any atom is 0.223 e. The highest BCUT2D eigenvalue weighted by Gasteiger charge is 2.16. The van der Waals surface area contributed by atoms with Gasteiger partial charge in [0.2, 0.25) is 5.91 Å². The average molecular weight is 423 g/mol. The molecular weight excluding hydrogens is 404 g/mol. The van der Waals surface area contributed by atoms with Crippen LogP contribution in [0.1, 0.15) is 18.2 Å². The van der Waals surface area contributed by atoms with E-state index in [0.717, 1.165) is 22.2 Å². The molecule has 7 nitrogen and oxygen atoms in total. The molecule has 29 heavy (non-hydrogen) atoms. The number of nitrogens with one attached hydrogen (secondary N) is 1. The topological polar surface area (TPSA) is 85.6 Å². The highest BCUT2D eigenvalue weighted by Crippen LogP contribution is 2.28. The third-order valence-corrected chi connectivity index (χ3v) is 5.81. The Balaban J connectivity index is 1.58. The van der Waals surface area contributed by atoms with E-state index in [1.807, 2.05) is 35.7 Å². The summed E-state index contributed by atoms with van der Waals surface area (Å²) in [7, 11) is 0. The van der Waals surface area contributed by atoms with Gasteiger partial charge in [0.05, 0.1) is 12.2 Å². The van der Waals surface area contributed by atoms with E-state index in [1.165, 1.54) is 23.8 Å². The number of rotatable bonds is 7. The van der Waals surface area contributed by atoms with E-state index in [9.17, 15) is 4.79 Å². The fourth-order valence-corrected chi connectivity index (χ4v) is 4.42. The number of carbonyl (C=O) groups is 1. The van der Waals surface area contributed by atoms with Crippen molar-refractivity contribution in [3.63, 3.8) is 0 Å². The highest BCUT2D eigenvalue weighted by molar-refractivity contribution is 7.98. The minimum Gasteiger partial charge on any atom is -0.302 e. The Kier molecular flexibility index (Phi) is 5.97. The molecule has 3 heterocycles. The van der Waals surface area contributed by atoms with Crippen LogP contribution in [0.2, 0.25) is 0 Å². The molecule has 1 N–H and O–H groups in total. The molecule has 1 aromatic carbocycles. The summed E-state index contributed by atoms with van der Waals surface area (Å²) in [6.45, 7) is 2.14. The Labute approximate surface area is 176 Å². The van der Waals surface area contributed by atoms with Gasteiger partial charge in [-0.25, -0.2) is 4.98 Å². The van der Waals surface area contributed by atoms with Gasteiger partial charge < -0.3 is 5.32 Å². The number of aromatic nitrogens is 5. The minimum atomic E-state index is -0.123. The zero-order chi connectivity index (χ0) is 20.1. The van der Waals surface area contributed by atoms with Crippen molar-refractivity contribution in [2.24, 2.45) is 0 Å². The summed E-state index contributed by atoms with van der Waals surface area (Å²) < 4.78 is 2.10. The zero-order valence-electron chi connectivity index (χ0n) is 15.6. The number of benzene rings is 1. The van der Waals surface area contributed by atoms with E-state index in [-0.39, 0.29) is 5.91 Å². The molecule has 0 spiro atoms. The van der Waals surface area contributed by atoms with Crippen LogP contribution in [0.4, 0.5) is 5.13 Å². The number of anilines is 1. The first-order chi connectivity index (χ1) is 14.2. The molecule has 0 saturated heterocycles. The number of thioether (sulfide) groups is 1. The number of nitrogens with zero attached hydrogens (tertiary/aromatic N) is 5. The van der Waals surface area contributed by atoms with E-state index in [1.54, 1.807) is 24.2 Å². The summed E-state index contributed by atoms with van der Waals surface area (Å²) in [5, 5.41) is 14.9. The summed E-state index contributed by atoms with van der Waals surface area (Å²) in [5.74, 6) is 1.29. The van der Waals surface area contributed by atoms with Crippen LogP contribution in [-0.4, -0.2) is 30.6 Å². The molecule has 0 aliphatic rings. The second-order valence-electron chi connectivity index (χ2n) is 6.23. The lowest BCUT2D eigenvalue weighted by Crippen LogP contribution is -2.05. The number of thiazole rings is 1. The molecule has 0 fully saturated rings. The smallest absolute Gasteiger partial charge is 0.223 e. The summed E-state index contributed by atoms with van der Waals surface area (Å²) in [4.78, 5) is 19.8. The van der Waals surface area contributed by atoms with Crippen molar-refractivity contribution in [1.82, 2.24) is 24.7 Å². The second-order valence-corrected chi connectivity index (χ2v) is 8.03. The molecular formula is C20H18N6OS2. The van der Waals surface area contributed by atoms with Crippen LogP contribution >= 0.6 is 23.1 Å². The first-order valence-corrected chi connectivity index (χ1v) is 10.8. The third kappa shape index (κ3) is 4.87. The Bertz CT molecular complexity index is 1090. The highest BCUT2D eigenvalue weighted by atomic mass is 32.2. The van der Waals surface area contributed by atoms with E-state index >= 15 is 0 Å². The third-order valence-electron chi connectivity index (χ3n) is 4.00. The van der Waals surface area contributed by atoms with Crippen molar-refractivity contribution < 1.29 is 4.79 Å². The van der Waals surface area contributed by atoms with E-state index in [0.29, 0.717) is 17.4 Å².